The van der Waals surface area contributed by atoms with Crippen LogP contribution in [0.15, 0.2) is 30.4 Å². The van der Waals surface area contributed by atoms with Gasteiger partial charge in [0.1, 0.15) is 0 Å². The number of carboxylic acid groups (broad SMARTS) is 1. The highest BCUT2D eigenvalue weighted by Crippen LogP contribution is 2.24. The van der Waals surface area contributed by atoms with Gasteiger partial charge in [0.2, 0.25) is 5.91 Å². The fraction of sp³-hybridized carbons (Fsp3) is 0.286. The maximum atomic E-state index is 11.2. The Bertz CT molecular complexity index is 506. The van der Waals surface area contributed by atoms with Crippen LogP contribution in [0.25, 0.3) is 0 Å². The summed E-state index contributed by atoms with van der Waals surface area (Å²) < 4.78 is 0. The van der Waals surface area contributed by atoms with Crippen molar-refractivity contribution in [3.05, 3.63) is 41.5 Å². The number of aryl methyl sites for hydroxylation is 2. The van der Waals surface area contributed by atoms with Crippen molar-refractivity contribution in [2.24, 2.45) is 0 Å². The zero-order valence-electron chi connectivity index (χ0n) is 9.98. The van der Waals surface area contributed by atoms with Crippen LogP contribution in [0.1, 0.15) is 24.0 Å². The van der Waals surface area contributed by atoms with Crippen LogP contribution < -0.4 is 5.32 Å². The van der Waals surface area contributed by atoms with Crippen molar-refractivity contribution in [3.8, 4) is 0 Å². The van der Waals surface area contributed by atoms with Gasteiger partial charge in [0.05, 0.1) is 0 Å². The summed E-state index contributed by atoms with van der Waals surface area (Å²) in [4.78, 5) is 21.5. The predicted octanol–water partition coefficient (Wildman–Crippen LogP) is 2.14. The largest absolute Gasteiger partial charge is 0.478 e. The first-order chi connectivity index (χ1) is 8.65. The molecule has 2 N–H and O–H groups in total. The SMILES string of the molecule is O=C(O)/C=C/CCc1ccc2c(c1)CCC(=O)N2. The second-order valence-corrected chi connectivity index (χ2v) is 4.32. The lowest BCUT2D eigenvalue weighted by Crippen LogP contribution is -2.18. The van der Waals surface area contributed by atoms with Crippen LogP contribution in [-0.4, -0.2) is 17.0 Å². The standard InChI is InChI=1S/C14H15NO3/c16-13-8-6-11-9-10(5-7-12(11)15-13)3-1-2-4-14(17)18/h2,4-5,7,9H,1,3,6,8H2,(H,15,16)(H,17,18)/b4-2+. The number of hydrogen-bond donors (Lipinski definition) is 2. The quantitative estimate of drug-likeness (QED) is 0.799. The van der Waals surface area contributed by atoms with Crippen LogP contribution in [0.5, 0.6) is 0 Å². The van der Waals surface area contributed by atoms with Crippen LogP contribution >= 0.6 is 0 Å². The van der Waals surface area contributed by atoms with Gasteiger partial charge in [-0.2, -0.15) is 0 Å². The summed E-state index contributed by atoms with van der Waals surface area (Å²) in [7, 11) is 0. The number of carboxylic acids is 1. The van der Waals surface area contributed by atoms with Gasteiger partial charge in [-0.15, -0.1) is 0 Å². The molecule has 1 aliphatic heterocycles. The number of benzene rings is 1. The number of anilines is 1. The molecular formula is C14H15NO3. The molecular weight excluding hydrogens is 230 g/mol. The van der Waals surface area contributed by atoms with E-state index in [0.717, 1.165) is 24.1 Å². The van der Waals surface area contributed by atoms with E-state index in [1.54, 1.807) is 6.08 Å². The molecule has 0 spiro atoms. The molecule has 1 amide bonds. The Morgan fingerprint density at radius 1 is 1.39 bits per heavy atom. The van der Waals surface area contributed by atoms with E-state index in [-0.39, 0.29) is 5.91 Å². The normalized spacial score (nSPS) is 14.3. The Morgan fingerprint density at radius 3 is 3.00 bits per heavy atom. The zero-order valence-corrected chi connectivity index (χ0v) is 9.98. The maximum Gasteiger partial charge on any atom is 0.327 e. The molecule has 0 radical (unpaired) electrons. The van der Waals surface area contributed by atoms with E-state index >= 15 is 0 Å². The zero-order chi connectivity index (χ0) is 13.0. The van der Waals surface area contributed by atoms with Crippen LogP contribution in [0.2, 0.25) is 0 Å². The molecule has 0 fully saturated rings. The first-order valence-electron chi connectivity index (χ1n) is 5.96. The summed E-state index contributed by atoms with van der Waals surface area (Å²) in [5, 5.41) is 11.3. The number of fused-ring (bicyclic) bond motifs is 1. The molecule has 2 rings (SSSR count). The molecule has 0 bridgehead atoms. The Hall–Kier alpha value is -2.10. The molecule has 18 heavy (non-hydrogen) atoms. The van der Waals surface area contributed by atoms with Crippen molar-refractivity contribution in [2.45, 2.75) is 25.7 Å². The fourth-order valence-electron chi connectivity index (χ4n) is 2.03. The highest BCUT2D eigenvalue weighted by atomic mass is 16.4. The Morgan fingerprint density at radius 2 is 2.22 bits per heavy atom. The van der Waals surface area contributed by atoms with Gasteiger partial charge in [0.15, 0.2) is 0 Å². The monoisotopic (exact) mass is 245 g/mol. The van der Waals surface area contributed by atoms with Crippen LogP contribution in [-0.2, 0) is 22.4 Å². The minimum Gasteiger partial charge on any atom is -0.478 e. The molecule has 4 heteroatoms. The van der Waals surface area contributed by atoms with Crippen LogP contribution in [0, 0.1) is 0 Å². The van der Waals surface area contributed by atoms with Gasteiger partial charge >= 0.3 is 5.97 Å². The second kappa shape index (κ2) is 5.49. The Kier molecular flexibility index (Phi) is 3.77. The summed E-state index contributed by atoms with van der Waals surface area (Å²) in [6.45, 7) is 0. The van der Waals surface area contributed by atoms with Gasteiger partial charge < -0.3 is 10.4 Å². The van der Waals surface area contributed by atoms with Crippen LogP contribution in [0.3, 0.4) is 0 Å². The van der Waals surface area contributed by atoms with E-state index < -0.39 is 5.97 Å². The van der Waals surface area contributed by atoms with E-state index in [9.17, 15) is 9.59 Å². The van der Waals surface area contributed by atoms with Crippen molar-refractivity contribution < 1.29 is 14.7 Å². The minimum atomic E-state index is -0.914. The third-order valence-electron chi connectivity index (χ3n) is 2.93. The first-order valence-corrected chi connectivity index (χ1v) is 5.96. The molecule has 0 aromatic heterocycles. The first kappa shape index (κ1) is 12.4. The van der Waals surface area contributed by atoms with Crippen molar-refractivity contribution in [3.63, 3.8) is 0 Å². The number of carbonyl (C=O) groups excluding carboxylic acids is 1. The highest BCUT2D eigenvalue weighted by molar-refractivity contribution is 5.93. The number of nitrogens with one attached hydrogen (secondary N) is 1. The van der Waals surface area contributed by atoms with E-state index in [2.05, 4.69) is 11.4 Å². The topological polar surface area (TPSA) is 66.4 Å². The number of rotatable bonds is 4. The minimum absolute atomic E-state index is 0.0691. The third kappa shape index (κ3) is 3.20. The Balaban J connectivity index is 1.99. The molecule has 0 saturated heterocycles. The number of hydrogen-bond acceptors (Lipinski definition) is 2. The molecule has 0 aliphatic carbocycles. The second-order valence-electron chi connectivity index (χ2n) is 4.32. The fourth-order valence-corrected chi connectivity index (χ4v) is 2.03. The van der Waals surface area contributed by atoms with E-state index in [1.807, 2.05) is 12.1 Å². The molecule has 0 atom stereocenters. The molecule has 0 saturated carbocycles. The lowest BCUT2D eigenvalue weighted by molar-refractivity contribution is -0.131. The van der Waals surface area contributed by atoms with Crippen molar-refractivity contribution >= 4 is 17.6 Å². The third-order valence-corrected chi connectivity index (χ3v) is 2.93. The molecule has 1 aromatic carbocycles. The van der Waals surface area contributed by atoms with Crippen LogP contribution in [0.4, 0.5) is 5.69 Å². The molecule has 94 valence electrons. The van der Waals surface area contributed by atoms with Gasteiger partial charge in [-0.05, 0) is 36.5 Å². The number of aliphatic carboxylic acids is 1. The lowest BCUT2D eigenvalue weighted by atomic mass is 9.98. The number of carbonyl (C=O) groups is 2. The van der Waals surface area contributed by atoms with Crippen molar-refractivity contribution in [2.75, 3.05) is 5.32 Å². The average Bonchev–Trinajstić information content (AvgIpc) is 2.34. The number of amides is 1. The summed E-state index contributed by atoms with van der Waals surface area (Å²) in [6.07, 6.45) is 5.65. The smallest absolute Gasteiger partial charge is 0.327 e. The van der Waals surface area contributed by atoms with Gasteiger partial charge in [0.25, 0.3) is 0 Å². The molecule has 0 unspecified atom stereocenters. The lowest BCUT2D eigenvalue weighted by Gasteiger charge is -2.17. The van der Waals surface area contributed by atoms with Gasteiger partial charge in [0, 0.05) is 18.2 Å². The highest BCUT2D eigenvalue weighted by Gasteiger charge is 2.14. The van der Waals surface area contributed by atoms with E-state index in [4.69, 9.17) is 5.11 Å². The molecule has 1 aliphatic rings. The summed E-state index contributed by atoms with van der Waals surface area (Å²) in [6, 6.07) is 5.98. The number of allylic oxidation sites excluding steroid dienone is 1. The maximum absolute atomic E-state index is 11.2. The average molecular weight is 245 g/mol. The molecule has 1 heterocycles. The van der Waals surface area contributed by atoms with E-state index in [1.165, 1.54) is 11.6 Å². The summed E-state index contributed by atoms with van der Waals surface area (Å²) in [5.41, 5.74) is 3.23. The summed E-state index contributed by atoms with van der Waals surface area (Å²) in [5.74, 6) is -0.845. The van der Waals surface area contributed by atoms with Crippen molar-refractivity contribution in [1.29, 1.82) is 0 Å². The van der Waals surface area contributed by atoms with Gasteiger partial charge in [-0.1, -0.05) is 18.2 Å². The van der Waals surface area contributed by atoms with Gasteiger partial charge in [-0.3, -0.25) is 4.79 Å². The van der Waals surface area contributed by atoms with Crippen molar-refractivity contribution in [1.82, 2.24) is 0 Å². The molecule has 4 nitrogen and oxygen atoms in total. The molecule has 1 aromatic rings. The van der Waals surface area contributed by atoms with E-state index in [0.29, 0.717) is 12.8 Å². The predicted molar refractivity (Wildman–Crippen MR) is 68.5 cm³/mol. The summed E-state index contributed by atoms with van der Waals surface area (Å²) >= 11 is 0. The Labute approximate surface area is 105 Å². The van der Waals surface area contributed by atoms with Gasteiger partial charge in [-0.25, -0.2) is 4.79 Å².